The Morgan fingerprint density at radius 3 is 2.76 bits per heavy atom. The van der Waals surface area contributed by atoms with Crippen molar-refractivity contribution in [1.82, 2.24) is 15.2 Å². The van der Waals surface area contributed by atoms with Gasteiger partial charge in [0.05, 0.1) is 6.54 Å². The van der Waals surface area contributed by atoms with Gasteiger partial charge in [-0.3, -0.25) is 9.78 Å². The maximum Gasteiger partial charge on any atom is 0.234 e. The number of pyridine rings is 1. The number of amides is 1. The van der Waals surface area contributed by atoms with Crippen LogP contribution in [0.25, 0.3) is 0 Å². The van der Waals surface area contributed by atoms with E-state index < -0.39 is 0 Å². The smallest absolute Gasteiger partial charge is 0.234 e. The lowest BCUT2D eigenvalue weighted by Crippen LogP contribution is -2.43. The van der Waals surface area contributed by atoms with Crippen LogP contribution < -0.4 is 5.32 Å². The molecule has 0 spiro atoms. The summed E-state index contributed by atoms with van der Waals surface area (Å²) >= 11 is 0. The quantitative estimate of drug-likeness (QED) is 0.924. The third-order valence-corrected chi connectivity index (χ3v) is 3.95. The van der Waals surface area contributed by atoms with E-state index in [0.717, 1.165) is 19.3 Å². The number of aromatic nitrogens is 1. The summed E-state index contributed by atoms with van der Waals surface area (Å²) in [7, 11) is 3.82. The molecule has 21 heavy (non-hydrogen) atoms. The minimum Gasteiger partial charge on any atom is -0.352 e. The van der Waals surface area contributed by atoms with Crippen molar-refractivity contribution in [3.63, 3.8) is 0 Å². The lowest BCUT2D eigenvalue weighted by molar-refractivity contribution is -0.122. The molecule has 0 fully saturated rings. The summed E-state index contributed by atoms with van der Waals surface area (Å²) in [5.74, 6) is 0.105. The monoisotopic (exact) mass is 289 g/mol. The van der Waals surface area contributed by atoms with Gasteiger partial charge in [0.2, 0.25) is 5.91 Å². The van der Waals surface area contributed by atoms with E-state index in [4.69, 9.17) is 0 Å². The molecule has 1 amide bonds. The van der Waals surface area contributed by atoms with Crippen molar-refractivity contribution in [3.8, 4) is 0 Å². The van der Waals surface area contributed by atoms with Crippen molar-refractivity contribution in [1.29, 1.82) is 0 Å². The highest BCUT2D eigenvalue weighted by Gasteiger charge is 2.23. The molecule has 1 aromatic heterocycles. The molecule has 116 valence electrons. The Bertz CT molecular complexity index is 517. The van der Waals surface area contributed by atoms with E-state index in [1.54, 1.807) is 0 Å². The number of carbonyl (C=O) groups is 1. The third-order valence-electron chi connectivity index (χ3n) is 3.95. The van der Waals surface area contributed by atoms with E-state index in [-0.39, 0.29) is 17.4 Å². The fraction of sp³-hybridized carbons (Fsp3) is 0.647. The van der Waals surface area contributed by atoms with Crippen molar-refractivity contribution < 1.29 is 4.79 Å². The second kappa shape index (κ2) is 6.14. The topological polar surface area (TPSA) is 45.2 Å². The zero-order chi connectivity index (χ0) is 15.6. The Balaban J connectivity index is 2.07. The zero-order valence-electron chi connectivity index (χ0n) is 13.9. The van der Waals surface area contributed by atoms with Crippen LogP contribution in [0.5, 0.6) is 0 Å². The first-order chi connectivity index (χ1) is 9.75. The Morgan fingerprint density at radius 1 is 1.43 bits per heavy atom. The molecule has 1 heterocycles. The highest BCUT2D eigenvalue weighted by molar-refractivity contribution is 5.78. The fourth-order valence-corrected chi connectivity index (χ4v) is 2.71. The van der Waals surface area contributed by atoms with Crippen LogP contribution in [0.4, 0.5) is 0 Å². The van der Waals surface area contributed by atoms with Gasteiger partial charge in [0.25, 0.3) is 0 Å². The van der Waals surface area contributed by atoms with Gasteiger partial charge in [0.1, 0.15) is 0 Å². The first-order valence-electron chi connectivity index (χ1n) is 7.68. The molecule has 1 aliphatic rings. The van der Waals surface area contributed by atoms with Gasteiger partial charge in [-0.05, 0) is 49.9 Å². The van der Waals surface area contributed by atoms with E-state index >= 15 is 0 Å². The van der Waals surface area contributed by atoms with Crippen LogP contribution in [-0.4, -0.2) is 42.5 Å². The molecule has 0 bridgehead atoms. The highest BCUT2D eigenvalue weighted by atomic mass is 16.2. The van der Waals surface area contributed by atoms with Gasteiger partial charge in [-0.1, -0.05) is 26.8 Å². The maximum absolute atomic E-state index is 11.9. The van der Waals surface area contributed by atoms with Crippen molar-refractivity contribution >= 4 is 5.91 Å². The summed E-state index contributed by atoms with van der Waals surface area (Å²) in [6, 6.07) is 2.51. The molecule has 1 unspecified atom stereocenters. The minimum absolute atomic E-state index is 0.105. The van der Waals surface area contributed by atoms with Crippen LogP contribution in [-0.2, 0) is 23.1 Å². The Kier molecular flexibility index (Phi) is 4.67. The molecule has 0 radical (unpaired) electrons. The summed E-state index contributed by atoms with van der Waals surface area (Å²) < 4.78 is 0. The number of nitrogens with zero attached hydrogens (tertiary/aromatic N) is 2. The summed E-state index contributed by atoms with van der Waals surface area (Å²) in [6.07, 6.45) is 4.83. The zero-order valence-corrected chi connectivity index (χ0v) is 13.9. The molecule has 1 atom stereocenters. The van der Waals surface area contributed by atoms with Crippen LogP contribution in [0.3, 0.4) is 0 Å². The lowest BCUT2D eigenvalue weighted by atomic mass is 9.84. The lowest BCUT2D eigenvalue weighted by Gasteiger charge is -2.27. The summed E-state index contributed by atoms with van der Waals surface area (Å²) in [4.78, 5) is 18.4. The third kappa shape index (κ3) is 4.27. The Labute approximate surface area is 127 Å². The van der Waals surface area contributed by atoms with E-state index in [1.807, 2.05) is 25.2 Å². The minimum atomic E-state index is 0.105. The second-order valence-corrected chi connectivity index (χ2v) is 7.32. The summed E-state index contributed by atoms with van der Waals surface area (Å²) in [5, 5.41) is 3.14. The summed E-state index contributed by atoms with van der Waals surface area (Å²) in [5.41, 5.74) is 3.87. The van der Waals surface area contributed by atoms with Crippen LogP contribution in [0, 0.1) is 0 Å². The SMILES string of the molecule is CN(C)CC(=O)NC1CCc2ncc(C(C)(C)C)cc2C1. The van der Waals surface area contributed by atoms with Gasteiger partial charge in [-0.15, -0.1) is 0 Å². The van der Waals surface area contributed by atoms with Crippen LogP contribution >= 0.6 is 0 Å². The molecule has 1 aromatic rings. The number of carbonyl (C=O) groups excluding carboxylic acids is 1. The number of fused-ring (bicyclic) bond motifs is 1. The summed E-state index contributed by atoms with van der Waals surface area (Å²) in [6.45, 7) is 7.06. The molecule has 0 saturated carbocycles. The first-order valence-corrected chi connectivity index (χ1v) is 7.68. The molecule has 1 N–H and O–H groups in total. The second-order valence-electron chi connectivity index (χ2n) is 7.32. The van der Waals surface area contributed by atoms with Crippen molar-refractivity contribution in [2.24, 2.45) is 0 Å². The van der Waals surface area contributed by atoms with Crippen molar-refractivity contribution in [2.45, 2.75) is 51.5 Å². The first kappa shape index (κ1) is 16.0. The van der Waals surface area contributed by atoms with Gasteiger partial charge in [0.15, 0.2) is 0 Å². The number of nitrogens with one attached hydrogen (secondary N) is 1. The predicted molar refractivity (Wildman–Crippen MR) is 85.4 cm³/mol. The molecule has 0 aromatic carbocycles. The number of rotatable bonds is 3. The maximum atomic E-state index is 11.9. The van der Waals surface area contributed by atoms with E-state index in [9.17, 15) is 4.79 Å². The normalized spacial score (nSPS) is 18.5. The van der Waals surface area contributed by atoms with E-state index in [0.29, 0.717) is 6.54 Å². The van der Waals surface area contributed by atoms with E-state index in [1.165, 1.54) is 16.8 Å². The number of aryl methyl sites for hydroxylation is 1. The molecular formula is C17H27N3O. The van der Waals surface area contributed by atoms with Gasteiger partial charge in [-0.2, -0.15) is 0 Å². The fourth-order valence-electron chi connectivity index (χ4n) is 2.71. The Morgan fingerprint density at radius 2 is 2.14 bits per heavy atom. The number of hydrogen-bond acceptors (Lipinski definition) is 3. The standard InChI is InChI=1S/C17H27N3O/c1-17(2,3)13-8-12-9-14(6-7-15(12)18-10-13)19-16(21)11-20(4)5/h8,10,14H,6-7,9,11H2,1-5H3,(H,19,21). The molecule has 4 heteroatoms. The van der Waals surface area contributed by atoms with Crippen LogP contribution in [0.15, 0.2) is 12.3 Å². The van der Waals surface area contributed by atoms with Gasteiger partial charge in [0, 0.05) is 17.9 Å². The number of hydrogen-bond donors (Lipinski definition) is 1. The van der Waals surface area contributed by atoms with Crippen molar-refractivity contribution in [3.05, 3.63) is 29.1 Å². The molecule has 2 rings (SSSR count). The van der Waals surface area contributed by atoms with Crippen molar-refractivity contribution in [2.75, 3.05) is 20.6 Å². The van der Waals surface area contributed by atoms with Crippen LogP contribution in [0.1, 0.15) is 44.0 Å². The molecular weight excluding hydrogens is 262 g/mol. The average molecular weight is 289 g/mol. The Hall–Kier alpha value is -1.42. The molecule has 0 saturated heterocycles. The van der Waals surface area contributed by atoms with Gasteiger partial charge < -0.3 is 10.2 Å². The average Bonchev–Trinajstić information content (AvgIpc) is 2.35. The molecule has 0 aliphatic heterocycles. The number of likely N-dealkylation sites (N-methyl/N-ethyl adjacent to an activating group) is 1. The highest BCUT2D eigenvalue weighted by Crippen LogP contribution is 2.27. The predicted octanol–water partition coefficient (Wildman–Crippen LogP) is 1.91. The van der Waals surface area contributed by atoms with Gasteiger partial charge in [-0.25, -0.2) is 0 Å². The molecule has 4 nitrogen and oxygen atoms in total. The van der Waals surface area contributed by atoms with Crippen LogP contribution in [0.2, 0.25) is 0 Å². The van der Waals surface area contributed by atoms with Gasteiger partial charge >= 0.3 is 0 Å². The largest absolute Gasteiger partial charge is 0.352 e. The van der Waals surface area contributed by atoms with E-state index in [2.05, 4.69) is 37.1 Å². The molecule has 1 aliphatic carbocycles.